The number of hydrogen-bond acceptors (Lipinski definition) is 5. The van der Waals surface area contributed by atoms with Crippen LogP contribution in [0.1, 0.15) is 41.8 Å². The van der Waals surface area contributed by atoms with E-state index in [1.807, 2.05) is 0 Å². The second-order valence-electron chi connectivity index (χ2n) is 3.24. The number of piperidine rings is 1. The van der Waals surface area contributed by atoms with Gasteiger partial charge in [-0.3, -0.25) is 4.79 Å². The fraction of sp³-hybridized carbons (Fsp3) is 0.417. The van der Waals surface area contributed by atoms with Gasteiger partial charge in [-0.1, -0.05) is 6.37 Å². The molecule has 0 spiro atoms. The normalized spacial score (nSPS) is 46.6. The standard InChI is InChI=1S/C12H13N3O2/c16-12(10-3-1-2-6-13-10)8-4-5-9-11(7-8)15-17-14-9/h4-5,7,10,13H,1-3,6H2/i1D2,2D2,3D2,6D2,10D/hD. The van der Waals surface area contributed by atoms with E-state index in [2.05, 4.69) is 14.9 Å². The molecule has 1 fully saturated rings. The Morgan fingerprint density at radius 2 is 2.41 bits per heavy atom. The van der Waals surface area contributed by atoms with Crippen LogP contribution in [-0.2, 0) is 0 Å². The summed E-state index contributed by atoms with van der Waals surface area (Å²) in [7, 11) is 0. The maximum atomic E-state index is 13.0. The van der Waals surface area contributed by atoms with Gasteiger partial charge in [0, 0.05) is 16.5 Å². The highest BCUT2D eigenvalue weighted by molar-refractivity contribution is 6.02. The highest BCUT2D eigenvalue weighted by Crippen LogP contribution is 2.16. The van der Waals surface area contributed by atoms with Crippen LogP contribution in [0.2, 0.25) is 1.41 Å². The van der Waals surface area contributed by atoms with Crippen LogP contribution in [-0.4, -0.2) is 28.6 Å². The number of nitrogens with zero attached hydrogens (tertiary/aromatic N) is 2. The first-order valence-corrected chi connectivity index (χ1v) is 4.70. The zero-order valence-electron chi connectivity index (χ0n) is 18.4. The first-order chi connectivity index (χ1) is 12.1. The Morgan fingerprint density at radius 1 is 1.53 bits per heavy atom. The topological polar surface area (TPSA) is 68.0 Å². The molecule has 1 atom stereocenters. The number of Topliss-reactive ketones (excluding diaryl/α,β-unsaturated/α-hetero) is 1. The van der Waals surface area contributed by atoms with Crippen molar-refractivity contribution in [3.8, 4) is 0 Å². The summed E-state index contributed by atoms with van der Waals surface area (Å²) in [6, 6.07) is 0.0559. The van der Waals surface area contributed by atoms with Crippen molar-refractivity contribution in [1.29, 1.82) is 0 Å². The van der Waals surface area contributed by atoms with Gasteiger partial charge >= 0.3 is 0 Å². The highest BCUT2D eigenvalue weighted by Gasteiger charge is 2.22. The van der Waals surface area contributed by atoms with Gasteiger partial charge in [0.05, 0.1) is 7.39 Å². The molecule has 88 valence electrons. The monoisotopic (exact) mass is 241 g/mol. The van der Waals surface area contributed by atoms with Crippen LogP contribution >= 0.6 is 0 Å². The molecule has 1 N–H and O–H groups in total. The zero-order chi connectivity index (χ0) is 20.6. The molecule has 1 aromatic carbocycles. The second kappa shape index (κ2) is 4.25. The molecule has 17 heavy (non-hydrogen) atoms. The highest BCUT2D eigenvalue weighted by atomic mass is 16.6. The molecular weight excluding hydrogens is 218 g/mol. The molecule has 0 radical (unpaired) electrons. The molecule has 5 nitrogen and oxygen atoms in total. The molecule has 2 aromatic rings. The summed E-state index contributed by atoms with van der Waals surface area (Å²) in [6.07, 6.45) is -10.7. The Hall–Kier alpha value is -1.75. The number of nitrogens with one attached hydrogen (secondary N) is 1. The number of ketones is 1. The predicted molar refractivity (Wildman–Crippen MR) is 61.8 cm³/mol. The van der Waals surface area contributed by atoms with Crippen molar-refractivity contribution in [2.24, 2.45) is 0 Å². The van der Waals surface area contributed by atoms with Crippen molar-refractivity contribution < 1.29 is 23.2 Å². The molecule has 1 saturated heterocycles. The molecule has 1 unspecified atom stereocenters. The van der Waals surface area contributed by atoms with Gasteiger partial charge in [-0.25, -0.2) is 4.63 Å². The van der Waals surface area contributed by atoms with Crippen LogP contribution in [0.3, 0.4) is 0 Å². The lowest BCUT2D eigenvalue weighted by Gasteiger charge is -2.22. The maximum absolute atomic E-state index is 13.0. The summed E-state index contributed by atoms with van der Waals surface area (Å²) in [5.41, 5.74) is -0.0240. The molecule has 0 bridgehead atoms. The molecule has 3 rings (SSSR count). The number of rotatable bonds is 2. The number of hydrogen-bond donors (Lipinski definition) is 1. The van der Waals surface area contributed by atoms with Crippen LogP contribution in [0, 0.1) is 0 Å². The average molecular weight is 241 g/mol. The predicted octanol–water partition coefficient (Wildman–Crippen LogP) is 1.55. The van der Waals surface area contributed by atoms with E-state index in [4.69, 9.17) is 13.7 Å². The zero-order valence-corrected chi connectivity index (χ0v) is 8.39. The van der Waals surface area contributed by atoms with Gasteiger partial charge in [0.15, 0.2) is 5.78 Å². The number of fused-ring (bicyclic) bond motifs is 1. The molecule has 1 aromatic heterocycles. The third-order valence-corrected chi connectivity index (χ3v) is 2.20. The van der Waals surface area contributed by atoms with E-state index in [9.17, 15) is 4.79 Å². The Balaban J connectivity index is 2.23. The van der Waals surface area contributed by atoms with E-state index < -0.39 is 42.7 Å². The van der Waals surface area contributed by atoms with Gasteiger partial charge < -0.3 is 5.31 Å². The quantitative estimate of drug-likeness (QED) is 0.808. The summed E-state index contributed by atoms with van der Waals surface area (Å²) in [6.45, 7) is -3.49. The third-order valence-electron chi connectivity index (χ3n) is 2.20. The molecule has 5 heteroatoms. The van der Waals surface area contributed by atoms with Crippen LogP contribution in [0.15, 0.2) is 22.8 Å². The van der Waals surface area contributed by atoms with Gasteiger partial charge in [-0.05, 0) is 47.8 Å². The maximum Gasteiger partial charge on any atom is 0.179 e. The average Bonchev–Trinajstić information content (AvgIpc) is 3.05. The van der Waals surface area contributed by atoms with Crippen molar-refractivity contribution in [3.05, 3.63) is 23.8 Å². The lowest BCUT2D eigenvalue weighted by atomic mass is 9.96. The van der Waals surface area contributed by atoms with Gasteiger partial charge in [-0.2, -0.15) is 0 Å². The summed E-state index contributed by atoms with van der Waals surface area (Å²) >= 11 is 0. The molecular formula is C12H13N3O2. The molecule has 1 aliphatic rings. The number of carbonyl (C=O) groups is 1. The van der Waals surface area contributed by atoms with Crippen molar-refractivity contribution in [2.45, 2.75) is 25.1 Å². The summed E-state index contributed by atoms with van der Waals surface area (Å²) in [4.78, 5) is 13.0. The molecule has 2 heterocycles. The first-order valence-electron chi connectivity index (χ1n) is 9.65. The van der Waals surface area contributed by atoms with E-state index in [-0.39, 0.29) is 16.6 Å². The van der Waals surface area contributed by atoms with E-state index in [0.29, 0.717) is 0 Å². The summed E-state index contributed by atoms with van der Waals surface area (Å²) < 4.78 is 83.5. The number of carbonyl (C=O) groups excluding carboxylic acids is 1. The van der Waals surface area contributed by atoms with Gasteiger partial charge in [-0.15, -0.1) is 0 Å². The van der Waals surface area contributed by atoms with Crippen molar-refractivity contribution in [1.82, 2.24) is 15.6 Å². The second-order valence-corrected chi connectivity index (χ2v) is 3.24. The first kappa shape index (κ1) is 4.17. The summed E-state index contributed by atoms with van der Waals surface area (Å²) in [5, 5.41) is 6.58. The number of benzene rings is 1. The summed E-state index contributed by atoms with van der Waals surface area (Å²) in [5.74, 6) is -1.43. The van der Waals surface area contributed by atoms with Crippen molar-refractivity contribution >= 4 is 16.8 Å². The van der Waals surface area contributed by atoms with E-state index >= 15 is 0 Å². The molecule has 0 amide bonds. The Labute approximate surface area is 112 Å². The third kappa shape index (κ3) is 1.93. The lowest BCUT2D eigenvalue weighted by molar-refractivity contribution is 0.0927. The SMILES string of the molecule is [2H]N1C([2H])([2H])C([2H])([2H])C([2H])([2H])C([2H])([2H])C1([2H])C(=O)c1ccc2nonc2c1. The smallest absolute Gasteiger partial charge is 0.179 e. The number of aromatic nitrogens is 2. The van der Waals surface area contributed by atoms with Gasteiger partial charge in [0.2, 0.25) is 0 Å². The fourth-order valence-corrected chi connectivity index (χ4v) is 1.40. The van der Waals surface area contributed by atoms with Crippen molar-refractivity contribution in [2.75, 3.05) is 6.50 Å². The van der Waals surface area contributed by atoms with E-state index in [1.165, 1.54) is 6.07 Å². The minimum atomic E-state index is -3.61. The van der Waals surface area contributed by atoms with Crippen LogP contribution < -0.4 is 5.31 Å². The Morgan fingerprint density at radius 3 is 3.35 bits per heavy atom. The van der Waals surface area contributed by atoms with Crippen molar-refractivity contribution in [3.63, 3.8) is 0 Å². The largest absolute Gasteiger partial charge is 0.307 e. The van der Waals surface area contributed by atoms with Crippen LogP contribution in [0.5, 0.6) is 0 Å². The Bertz CT molecular complexity index is 929. The van der Waals surface area contributed by atoms with Gasteiger partial charge in [0.25, 0.3) is 0 Å². The molecule has 0 saturated carbocycles. The van der Waals surface area contributed by atoms with Gasteiger partial charge in [0.1, 0.15) is 12.4 Å². The van der Waals surface area contributed by atoms with Crippen LogP contribution in [0.25, 0.3) is 11.0 Å². The Kier molecular flexibility index (Phi) is 1.04. The fourth-order valence-electron chi connectivity index (χ4n) is 1.40. The minimum absolute atomic E-state index is 0.0821. The molecule has 1 aliphatic heterocycles. The van der Waals surface area contributed by atoms with E-state index in [1.54, 1.807) is 0 Å². The lowest BCUT2D eigenvalue weighted by Crippen LogP contribution is -2.40. The van der Waals surface area contributed by atoms with Crippen LogP contribution in [0.4, 0.5) is 0 Å². The molecule has 0 aliphatic carbocycles. The minimum Gasteiger partial charge on any atom is -0.307 e. The van der Waals surface area contributed by atoms with E-state index in [0.717, 1.165) is 12.1 Å².